The van der Waals surface area contributed by atoms with Gasteiger partial charge in [0.2, 0.25) is 0 Å². The number of carbonyl (C=O) groups excluding carboxylic acids is 2. The summed E-state index contributed by atoms with van der Waals surface area (Å²) in [4.78, 5) is 27.6. The maximum atomic E-state index is 12.9. The minimum absolute atomic E-state index is 0.153. The molecule has 1 saturated heterocycles. The third-order valence-corrected chi connectivity index (χ3v) is 5.22. The van der Waals surface area contributed by atoms with Gasteiger partial charge in [0.1, 0.15) is 5.75 Å². The Balaban J connectivity index is 1.58. The Morgan fingerprint density at radius 1 is 1.10 bits per heavy atom. The molecule has 8 nitrogen and oxygen atoms in total. The number of hydrogen-bond acceptors (Lipinski definition) is 6. The van der Waals surface area contributed by atoms with Crippen molar-refractivity contribution in [1.82, 2.24) is 4.90 Å². The molecule has 1 unspecified atom stereocenters. The second-order valence-corrected chi connectivity index (χ2v) is 7.07. The number of hydrogen-bond donors (Lipinski definition) is 1. The molecule has 4 rings (SSSR count). The van der Waals surface area contributed by atoms with E-state index in [0.717, 1.165) is 5.56 Å². The largest absolute Gasteiger partial charge is 0.493 e. The molecule has 1 N–H and O–H groups in total. The van der Waals surface area contributed by atoms with E-state index in [1.807, 2.05) is 24.3 Å². The van der Waals surface area contributed by atoms with Crippen molar-refractivity contribution < 1.29 is 28.5 Å². The first kappa shape index (κ1) is 20.0. The second-order valence-electron chi connectivity index (χ2n) is 7.07. The topological polar surface area (TPSA) is 86.3 Å². The number of methoxy groups -OCH3 is 2. The highest BCUT2D eigenvalue weighted by Gasteiger charge is 2.30. The number of amides is 2. The minimum atomic E-state index is -0.656. The normalized spacial score (nSPS) is 17.7. The molecule has 1 atom stereocenters. The van der Waals surface area contributed by atoms with Crippen LogP contribution in [0.5, 0.6) is 17.2 Å². The molecule has 0 aromatic heterocycles. The molecule has 2 aliphatic heterocycles. The molecule has 2 amide bonds. The van der Waals surface area contributed by atoms with E-state index in [-0.39, 0.29) is 11.8 Å². The fourth-order valence-electron chi connectivity index (χ4n) is 3.67. The van der Waals surface area contributed by atoms with Crippen LogP contribution in [0.25, 0.3) is 0 Å². The average molecular weight is 412 g/mol. The molecule has 0 spiro atoms. The molecule has 2 heterocycles. The Labute approximate surface area is 174 Å². The van der Waals surface area contributed by atoms with Gasteiger partial charge in [-0.2, -0.15) is 0 Å². The number of para-hydroxylation sites is 1. The number of nitrogens with zero attached hydrogens (tertiary/aromatic N) is 1. The Morgan fingerprint density at radius 2 is 1.87 bits per heavy atom. The van der Waals surface area contributed by atoms with Gasteiger partial charge in [-0.25, -0.2) is 0 Å². The summed E-state index contributed by atoms with van der Waals surface area (Å²) in [6.45, 7) is 2.04. The van der Waals surface area contributed by atoms with Gasteiger partial charge in [-0.05, 0) is 23.8 Å². The van der Waals surface area contributed by atoms with Gasteiger partial charge in [-0.15, -0.1) is 0 Å². The SMILES string of the molecule is COc1cc(C(=O)N2CCOCC2)cc(NC(=O)C2Cc3ccccc3O2)c1OC. The number of benzene rings is 2. The molecule has 0 aliphatic carbocycles. The van der Waals surface area contributed by atoms with Crippen LogP contribution in [-0.2, 0) is 16.0 Å². The standard InChI is InChI=1S/C22H24N2O6/c1-27-18-13-15(22(26)24-7-9-29-10-8-24)11-16(20(18)28-2)23-21(25)19-12-14-5-3-4-6-17(14)30-19/h3-6,11,13,19H,7-10,12H2,1-2H3,(H,23,25). The van der Waals surface area contributed by atoms with E-state index < -0.39 is 6.10 Å². The lowest BCUT2D eigenvalue weighted by atomic mass is 10.1. The number of nitrogens with one attached hydrogen (secondary N) is 1. The van der Waals surface area contributed by atoms with Gasteiger partial charge >= 0.3 is 0 Å². The molecule has 2 aromatic rings. The first-order valence-corrected chi connectivity index (χ1v) is 9.79. The zero-order chi connectivity index (χ0) is 21.1. The van der Waals surface area contributed by atoms with Crippen LogP contribution in [0.15, 0.2) is 36.4 Å². The quantitative estimate of drug-likeness (QED) is 0.810. The third-order valence-electron chi connectivity index (χ3n) is 5.22. The number of anilines is 1. The van der Waals surface area contributed by atoms with Crippen LogP contribution in [0.1, 0.15) is 15.9 Å². The van der Waals surface area contributed by atoms with Crippen LogP contribution >= 0.6 is 0 Å². The first-order valence-electron chi connectivity index (χ1n) is 9.79. The molecule has 0 radical (unpaired) electrons. The molecule has 158 valence electrons. The first-order chi connectivity index (χ1) is 14.6. The van der Waals surface area contributed by atoms with Crippen LogP contribution in [0.4, 0.5) is 5.69 Å². The summed E-state index contributed by atoms with van der Waals surface area (Å²) in [5, 5.41) is 2.85. The van der Waals surface area contributed by atoms with Crippen LogP contribution in [0.3, 0.4) is 0 Å². The summed E-state index contributed by atoms with van der Waals surface area (Å²) in [6, 6.07) is 10.8. The average Bonchev–Trinajstić information content (AvgIpc) is 3.23. The van der Waals surface area contributed by atoms with Crippen LogP contribution in [0, 0.1) is 0 Å². The maximum absolute atomic E-state index is 12.9. The lowest BCUT2D eigenvalue weighted by molar-refractivity contribution is -0.122. The molecule has 0 saturated carbocycles. The molecule has 0 bridgehead atoms. The lowest BCUT2D eigenvalue weighted by Gasteiger charge is -2.27. The van der Waals surface area contributed by atoms with Crippen molar-refractivity contribution in [3.63, 3.8) is 0 Å². The molecule has 2 aromatic carbocycles. The van der Waals surface area contributed by atoms with E-state index in [9.17, 15) is 9.59 Å². The van der Waals surface area contributed by atoms with Crippen LogP contribution in [-0.4, -0.2) is 63.3 Å². The summed E-state index contributed by atoms with van der Waals surface area (Å²) in [7, 11) is 2.97. The molecule has 2 aliphatic rings. The third kappa shape index (κ3) is 3.91. The number of ether oxygens (including phenoxy) is 4. The van der Waals surface area contributed by atoms with E-state index in [0.29, 0.717) is 61.2 Å². The van der Waals surface area contributed by atoms with Crippen LogP contribution < -0.4 is 19.5 Å². The summed E-state index contributed by atoms with van der Waals surface area (Å²) < 4.78 is 21.9. The van der Waals surface area contributed by atoms with Crippen molar-refractivity contribution in [2.75, 3.05) is 45.8 Å². The van der Waals surface area contributed by atoms with Crippen molar-refractivity contribution in [2.45, 2.75) is 12.5 Å². The summed E-state index contributed by atoms with van der Waals surface area (Å²) in [5.41, 5.74) is 1.75. The number of fused-ring (bicyclic) bond motifs is 1. The number of carbonyl (C=O) groups is 2. The molecule has 1 fully saturated rings. The van der Waals surface area contributed by atoms with E-state index in [1.54, 1.807) is 17.0 Å². The Morgan fingerprint density at radius 3 is 2.57 bits per heavy atom. The minimum Gasteiger partial charge on any atom is -0.493 e. The highest BCUT2D eigenvalue weighted by Crippen LogP contribution is 2.38. The van der Waals surface area contributed by atoms with Crippen LogP contribution in [0.2, 0.25) is 0 Å². The van der Waals surface area contributed by atoms with E-state index in [1.165, 1.54) is 14.2 Å². The van der Waals surface area contributed by atoms with Gasteiger partial charge in [0, 0.05) is 25.1 Å². The monoisotopic (exact) mass is 412 g/mol. The fraction of sp³-hybridized carbons (Fsp3) is 0.364. The molecule has 8 heteroatoms. The number of morpholine rings is 1. The molecular formula is C22H24N2O6. The summed E-state index contributed by atoms with van der Waals surface area (Å²) >= 11 is 0. The zero-order valence-electron chi connectivity index (χ0n) is 17.0. The molecule has 30 heavy (non-hydrogen) atoms. The van der Waals surface area contributed by atoms with Gasteiger partial charge in [-0.3, -0.25) is 9.59 Å². The zero-order valence-corrected chi connectivity index (χ0v) is 17.0. The predicted octanol–water partition coefficient (Wildman–Crippen LogP) is 2.12. The van der Waals surface area contributed by atoms with Gasteiger partial charge < -0.3 is 29.2 Å². The Bertz CT molecular complexity index is 930. The fourth-order valence-corrected chi connectivity index (χ4v) is 3.67. The van der Waals surface area contributed by atoms with E-state index in [4.69, 9.17) is 18.9 Å². The smallest absolute Gasteiger partial charge is 0.265 e. The van der Waals surface area contributed by atoms with Crippen molar-refractivity contribution in [3.8, 4) is 17.2 Å². The van der Waals surface area contributed by atoms with Crippen molar-refractivity contribution >= 4 is 17.5 Å². The second kappa shape index (κ2) is 8.62. The van der Waals surface area contributed by atoms with Gasteiger partial charge in [0.15, 0.2) is 17.6 Å². The lowest BCUT2D eigenvalue weighted by Crippen LogP contribution is -2.40. The van der Waals surface area contributed by atoms with E-state index in [2.05, 4.69) is 5.32 Å². The van der Waals surface area contributed by atoms with Gasteiger partial charge in [-0.1, -0.05) is 18.2 Å². The Hall–Kier alpha value is -3.26. The summed E-state index contributed by atoms with van der Waals surface area (Å²) in [5.74, 6) is 0.947. The maximum Gasteiger partial charge on any atom is 0.265 e. The van der Waals surface area contributed by atoms with Crippen molar-refractivity contribution in [2.24, 2.45) is 0 Å². The van der Waals surface area contributed by atoms with Crippen molar-refractivity contribution in [3.05, 3.63) is 47.5 Å². The predicted molar refractivity (Wildman–Crippen MR) is 109 cm³/mol. The van der Waals surface area contributed by atoms with Crippen molar-refractivity contribution in [1.29, 1.82) is 0 Å². The van der Waals surface area contributed by atoms with E-state index >= 15 is 0 Å². The Kier molecular flexibility index (Phi) is 5.76. The summed E-state index contributed by atoms with van der Waals surface area (Å²) in [6.07, 6.45) is -0.176. The highest BCUT2D eigenvalue weighted by atomic mass is 16.5. The van der Waals surface area contributed by atoms with Gasteiger partial charge in [0.25, 0.3) is 11.8 Å². The highest BCUT2D eigenvalue weighted by molar-refractivity contribution is 6.01. The number of rotatable bonds is 5. The molecular weight excluding hydrogens is 388 g/mol. The van der Waals surface area contributed by atoms with Gasteiger partial charge in [0.05, 0.1) is 33.1 Å².